The van der Waals surface area contributed by atoms with Crippen LogP contribution < -0.4 is 10.6 Å². The van der Waals surface area contributed by atoms with Crippen molar-refractivity contribution >= 4 is 5.96 Å². The highest BCUT2D eigenvalue weighted by molar-refractivity contribution is 5.79. The zero-order valence-corrected chi connectivity index (χ0v) is 18.4. The maximum Gasteiger partial charge on any atom is 0.191 e. The van der Waals surface area contributed by atoms with Gasteiger partial charge in [-0.05, 0) is 40.3 Å². The second-order valence-electron chi connectivity index (χ2n) is 8.24. The van der Waals surface area contributed by atoms with E-state index >= 15 is 0 Å². The lowest BCUT2D eigenvalue weighted by atomic mass is 10.0. The first-order chi connectivity index (χ1) is 13.4. The molecular weight excluding hydrogens is 350 g/mol. The van der Waals surface area contributed by atoms with E-state index in [1.165, 1.54) is 5.56 Å². The normalized spacial score (nSPS) is 17.6. The zero-order chi connectivity index (χ0) is 20.4. The van der Waals surface area contributed by atoms with Gasteiger partial charge in [0.1, 0.15) is 0 Å². The number of morpholine rings is 1. The molecule has 1 aliphatic rings. The molecule has 1 aromatic carbocycles. The van der Waals surface area contributed by atoms with Crippen LogP contribution in [0, 0.1) is 0 Å². The lowest BCUT2D eigenvalue weighted by Gasteiger charge is -2.40. The lowest BCUT2D eigenvalue weighted by Crippen LogP contribution is -2.52. The van der Waals surface area contributed by atoms with Gasteiger partial charge in [-0.1, -0.05) is 30.3 Å². The Morgan fingerprint density at radius 1 is 1.21 bits per heavy atom. The molecule has 0 radical (unpaired) electrons. The minimum Gasteiger partial charge on any atom is -0.379 e. The van der Waals surface area contributed by atoms with Gasteiger partial charge in [0, 0.05) is 44.3 Å². The van der Waals surface area contributed by atoms with Crippen LogP contribution in [0.25, 0.3) is 0 Å². The van der Waals surface area contributed by atoms with E-state index in [-0.39, 0.29) is 5.54 Å². The van der Waals surface area contributed by atoms with Crippen LogP contribution >= 0.6 is 0 Å². The topological polar surface area (TPSA) is 52.1 Å². The van der Waals surface area contributed by atoms with Crippen LogP contribution in [0.5, 0.6) is 0 Å². The molecule has 2 rings (SSSR count). The highest BCUT2D eigenvalue weighted by Gasteiger charge is 2.28. The van der Waals surface area contributed by atoms with Gasteiger partial charge in [-0.2, -0.15) is 0 Å². The van der Waals surface area contributed by atoms with Crippen molar-refractivity contribution in [2.45, 2.75) is 45.8 Å². The summed E-state index contributed by atoms with van der Waals surface area (Å²) < 4.78 is 5.48. The number of hydrogen-bond acceptors (Lipinski definition) is 4. The molecule has 1 heterocycles. The molecule has 1 aromatic rings. The number of nitrogens with one attached hydrogen (secondary N) is 2. The van der Waals surface area contributed by atoms with Crippen molar-refractivity contribution in [1.29, 1.82) is 0 Å². The monoisotopic (exact) mass is 389 g/mol. The molecule has 1 saturated heterocycles. The Morgan fingerprint density at radius 3 is 2.54 bits per heavy atom. The van der Waals surface area contributed by atoms with Gasteiger partial charge in [0.25, 0.3) is 0 Å². The number of nitrogens with zero attached hydrogens (tertiary/aromatic N) is 3. The van der Waals surface area contributed by atoms with E-state index in [1.54, 1.807) is 0 Å². The van der Waals surface area contributed by atoms with E-state index in [0.29, 0.717) is 6.04 Å². The molecule has 1 unspecified atom stereocenters. The summed E-state index contributed by atoms with van der Waals surface area (Å²) in [5.41, 5.74) is 1.37. The molecule has 1 aliphatic heterocycles. The Labute approximate surface area is 171 Å². The van der Waals surface area contributed by atoms with E-state index in [2.05, 4.69) is 85.5 Å². The van der Waals surface area contributed by atoms with Crippen LogP contribution in [0.2, 0.25) is 0 Å². The maximum absolute atomic E-state index is 5.48. The number of hydrogen-bond donors (Lipinski definition) is 2. The van der Waals surface area contributed by atoms with Gasteiger partial charge in [-0.25, -0.2) is 0 Å². The van der Waals surface area contributed by atoms with Crippen molar-refractivity contribution in [3.63, 3.8) is 0 Å². The largest absolute Gasteiger partial charge is 0.379 e. The molecule has 28 heavy (non-hydrogen) atoms. The van der Waals surface area contributed by atoms with Crippen LogP contribution in [0.3, 0.4) is 0 Å². The molecule has 1 atom stereocenters. The number of guanidine groups is 1. The van der Waals surface area contributed by atoms with Gasteiger partial charge in [0.2, 0.25) is 0 Å². The third-order valence-electron chi connectivity index (χ3n) is 5.43. The first-order valence-corrected chi connectivity index (χ1v) is 10.5. The molecule has 6 heteroatoms. The summed E-state index contributed by atoms with van der Waals surface area (Å²) in [4.78, 5) is 9.71. The minimum atomic E-state index is 0.0296. The highest BCUT2D eigenvalue weighted by Crippen LogP contribution is 2.16. The van der Waals surface area contributed by atoms with E-state index in [4.69, 9.17) is 9.73 Å². The van der Waals surface area contributed by atoms with E-state index in [1.807, 2.05) is 0 Å². The summed E-state index contributed by atoms with van der Waals surface area (Å²) in [6.45, 7) is 15.9. The number of likely N-dealkylation sites (N-methyl/N-ethyl adjacent to an activating group) is 1. The fourth-order valence-corrected chi connectivity index (χ4v) is 3.31. The molecule has 0 aliphatic carbocycles. The molecule has 2 N–H and O–H groups in total. The Bertz CT molecular complexity index is 584. The molecule has 0 saturated carbocycles. The van der Waals surface area contributed by atoms with Crippen molar-refractivity contribution in [1.82, 2.24) is 20.4 Å². The average molecular weight is 390 g/mol. The van der Waals surface area contributed by atoms with Gasteiger partial charge in [0.05, 0.1) is 19.8 Å². The minimum absolute atomic E-state index is 0.0296. The Morgan fingerprint density at radius 2 is 1.89 bits per heavy atom. The van der Waals surface area contributed by atoms with Gasteiger partial charge in [-0.15, -0.1) is 0 Å². The van der Waals surface area contributed by atoms with Crippen molar-refractivity contribution < 1.29 is 4.74 Å². The van der Waals surface area contributed by atoms with E-state index in [0.717, 1.165) is 58.4 Å². The average Bonchev–Trinajstić information content (AvgIpc) is 2.71. The fraction of sp³-hybridized carbons (Fsp3) is 0.682. The molecule has 158 valence electrons. The number of ether oxygens (including phenoxy) is 1. The van der Waals surface area contributed by atoms with Gasteiger partial charge in [0.15, 0.2) is 5.96 Å². The summed E-state index contributed by atoms with van der Waals surface area (Å²) in [6.07, 6.45) is 0. The summed E-state index contributed by atoms with van der Waals surface area (Å²) in [5.74, 6) is 0.892. The van der Waals surface area contributed by atoms with Gasteiger partial charge < -0.3 is 15.4 Å². The number of aliphatic imine (C=N–C) groups is 1. The van der Waals surface area contributed by atoms with Crippen molar-refractivity contribution in [3.8, 4) is 0 Å². The second kappa shape index (κ2) is 11.4. The molecule has 1 fully saturated rings. The summed E-state index contributed by atoms with van der Waals surface area (Å²) in [7, 11) is 2.17. The van der Waals surface area contributed by atoms with Gasteiger partial charge >= 0.3 is 0 Å². The molecule has 0 aromatic heterocycles. The fourth-order valence-electron chi connectivity index (χ4n) is 3.31. The Balaban J connectivity index is 1.85. The zero-order valence-electron chi connectivity index (χ0n) is 18.4. The van der Waals surface area contributed by atoms with Crippen LogP contribution in [0.4, 0.5) is 0 Å². The van der Waals surface area contributed by atoms with Gasteiger partial charge in [-0.3, -0.25) is 14.8 Å². The maximum atomic E-state index is 5.48. The standard InChI is InChI=1S/C22H39N5O/c1-6-23-21(25-18-22(3,4)27-12-14-28-15-13-27)24-16-19(2)26(5)17-20-10-8-7-9-11-20/h7-11,19H,6,12-18H2,1-5H3,(H2,23,24,25). The predicted molar refractivity (Wildman–Crippen MR) is 118 cm³/mol. The SMILES string of the molecule is CCNC(=NCC(C)(C)N1CCOCC1)NCC(C)N(C)Cc1ccccc1. The molecule has 6 nitrogen and oxygen atoms in total. The molecule has 0 bridgehead atoms. The smallest absolute Gasteiger partial charge is 0.191 e. The third kappa shape index (κ3) is 7.41. The third-order valence-corrected chi connectivity index (χ3v) is 5.43. The van der Waals surface area contributed by atoms with Crippen LogP contribution in [-0.2, 0) is 11.3 Å². The number of benzene rings is 1. The second-order valence-corrected chi connectivity index (χ2v) is 8.24. The van der Waals surface area contributed by atoms with Crippen molar-refractivity contribution in [3.05, 3.63) is 35.9 Å². The summed E-state index contributed by atoms with van der Waals surface area (Å²) in [5, 5.41) is 6.90. The van der Waals surface area contributed by atoms with Crippen LogP contribution in [0.1, 0.15) is 33.3 Å². The number of rotatable bonds is 9. The van der Waals surface area contributed by atoms with Crippen LogP contribution in [-0.4, -0.2) is 80.3 Å². The van der Waals surface area contributed by atoms with Crippen LogP contribution in [0.15, 0.2) is 35.3 Å². The quantitative estimate of drug-likeness (QED) is 0.501. The summed E-state index contributed by atoms with van der Waals surface area (Å²) >= 11 is 0. The summed E-state index contributed by atoms with van der Waals surface area (Å²) in [6, 6.07) is 11.0. The van der Waals surface area contributed by atoms with E-state index in [9.17, 15) is 0 Å². The highest BCUT2D eigenvalue weighted by atomic mass is 16.5. The Hall–Kier alpha value is -1.63. The first kappa shape index (κ1) is 22.7. The first-order valence-electron chi connectivity index (χ1n) is 10.5. The van der Waals surface area contributed by atoms with E-state index < -0.39 is 0 Å². The predicted octanol–water partition coefficient (Wildman–Crippen LogP) is 2.17. The molecule has 0 amide bonds. The Kier molecular flexibility index (Phi) is 9.22. The molecular formula is C22H39N5O. The van der Waals surface area contributed by atoms with Crippen molar-refractivity contribution in [2.24, 2.45) is 4.99 Å². The molecule has 0 spiro atoms. The van der Waals surface area contributed by atoms with Crippen molar-refractivity contribution in [2.75, 3.05) is 53.0 Å². The lowest BCUT2D eigenvalue weighted by molar-refractivity contribution is -0.00684.